The molecule has 116 valence electrons. The van der Waals surface area contributed by atoms with Crippen LogP contribution in [0.15, 0.2) is 12.1 Å². The highest BCUT2D eigenvalue weighted by atomic mass is 35.5. The molecule has 0 spiro atoms. The first-order chi connectivity index (χ1) is 9.92. The Morgan fingerprint density at radius 2 is 1.90 bits per heavy atom. The van der Waals surface area contributed by atoms with Gasteiger partial charge in [0.2, 0.25) is 0 Å². The number of piperidine rings is 1. The van der Waals surface area contributed by atoms with Gasteiger partial charge in [-0.2, -0.15) is 0 Å². The molecule has 2 rings (SSSR count). The van der Waals surface area contributed by atoms with Crippen molar-refractivity contribution in [1.29, 1.82) is 0 Å². The second kappa shape index (κ2) is 6.28. The Bertz CT molecular complexity index is 537. The summed E-state index contributed by atoms with van der Waals surface area (Å²) < 4.78 is 26.3. The molecule has 0 unspecified atom stereocenters. The molecule has 0 atom stereocenters. The molecular formula is C15H18ClF2NO2. The van der Waals surface area contributed by atoms with Gasteiger partial charge in [-0.1, -0.05) is 18.5 Å². The monoisotopic (exact) mass is 317 g/mol. The fourth-order valence-electron chi connectivity index (χ4n) is 2.66. The number of aliphatic hydroxyl groups is 1. The van der Waals surface area contributed by atoms with Gasteiger partial charge in [-0.3, -0.25) is 4.79 Å². The van der Waals surface area contributed by atoms with Crippen molar-refractivity contribution in [3.05, 3.63) is 34.4 Å². The fourth-order valence-corrected chi connectivity index (χ4v) is 2.90. The minimum Gasteiger partial charge on any atom is -0.396 e. The molecule has 1 saturated heterocycles. The highest BCUT2D eigenvalue weighted by molar-refractivity contribution is 6.33. The average Bonchev–Trinajstić information content (AvgIpc) is 2.50. The summed E-state index contributed by atoms with van der Waals surface area (Å²) in [5, 5.41) is 9.39. The van der Waals surface area contributed by atoms with Crippen molar-refractivity contribution in [2.75, 3.05) is 19.7 Å². The Hall–Kier alpha value is -1.20. The van der Waals surface area contributed by atoms with Gasteiger partial charge in [-0.05, 0) is 36.8 Å². The Labute approximate surface area is 127 Å². The Kier molecular flexibility index (Phi) is 4.84. The summed E-state index contributed by atoms with van der Waals surface area (Å²) in [6.07, 6.45) is 2.22. The lowest BCUT2D eigenvalue weighted by Gasteiger charge is -2.40. The first kappa shape index (κ1) is 16.2. The first-order valence-electron chi connectivity index (χ1n) is 6.97. The lowest BCUT2D eigenvalue weighted by molar-refractivity contribution is 0.0338. The number of hydrogen-bond donors (Lipinski definition) is 1. The van der Waals surface area contributed by atoms with Gasteiger partial charge in [0, 0.05) is 19.7 Å². The zero-order valence-electron chi connectivity index (χ0n) is 11.8. The molecule has 1 heterocycles. The molecule has 1 amide bonds. The van der Waals surface area contributed by atoms with Crippen molar-refractivity contribution in [2.24, 2.45) is 5.41 Å². The lowest BCUT2D eigenvalue weighted by atomic mass is 9.77. The number of halogens is 3. The zero-order valence-corrected chi connectivity index (χ0v) is 12.6. The number of amides is 1. The molecule has 1 fully saturated rings. The number of carbonyl (C=O) groups excluding carboxylic acids is 1. The van der Waals surface area contributed by atoms with Crippen molar-refractivity contribution in [3.63, 3.8) is 0 Å². The standard InChI is InChI=1S/C15H18ClF2NO2/c1-2-15(9-20)3-5-19(6-4-15)14(21)10-7-12(17)13(18)8-11(10)16/h7-8,20H,2-6,9H2,1H3. The van der Waals surface area contributed by atoms with E-state index in [4.69, 9.17) is 11.6 Å². The van der Waals surface area contributed by atoms with Crippen LogP contribution < -0.4 is 0 Å². The van der Waals surface area contributed by atoms with Crippen LogP contribution >= 0.6 is 11.6 Å². The maximum atomic E-state index is 13.3. The second-order valence-corrected chi connectivity index (χ2v) is 5.96. The number of hydrogen-bond acceptors (Lipinski definition) is 2. The molecule has 6 heteroatoms. The van der Waals surface area contributed by atoms with E-state index in [1.54, 1.807) is 4.90 Å². The van der Waals surface area contributed by atoms with E-state index in [1.165, 1.54) is 0 Å². The van der Waals surface area contributed by atoms with Crippen molar-refractivity contribution in [1.82, 2.24) is 4.90 Å². The van der Waals surface area contributed by atoms with Crippen LogP contribution in [0.1, 0.15) is 36.5 Å². The van der Waals surface area contributed by atoms with Crippen LogP contribution in [0.5, 0.6) is 0 Å². The van der Waals surface area contributed by atoms with Crippen LogP contribution in [0.25, 0.3) is 0 Å². The molecule has 1 aliphatic heterocycles. The molecule has 0 bridgehead atoms. The number of likely N-dealkylation sites (tertiary alicyclic amines) is 1. The van der Waals surface area contributed by atoms with Gasteiger partial charge in [0.25, 0.3) is 5.91 Å². The van der Waals surface area contributed by atoms with E-state index in [0.29, 0.717) is 25.9 Å². The van der Waals surface area contributed by atoms with Crippen LogP contribution in [0, 0.1) is 17.0 Å². The maximum Gasteiger partial charge on any atom is 0.255 e. The molecule has 0 radical (unpaired) electrons. The summed E-state index contributed by atoms with van der Waals surface area (Å²) in [5.41, 5.74) is -0.169. The predicted octanol–water partition coefficient (Wildman–Crippen LogP) is 3.24. The quantitative estimate of drug-likeness (QED) is 0.869. The van der Waals surface area contributed by atoms with E-state index in [-0.39, 0.29) is 22.6 Å². The van der Waals surface area contributed by atoms with Crippen molar-refractivity contribution in [2.45, 2.75) is 26.2 Å². The summed E-state index contributed by atoms with van der Waals surface area (Å²) >= 11 is 5.83. The van der Waals surface area contributed by atoms with Gasteiger partial charge in [0.1, 0.15) is 0 Å². The number of carbonyl (C=O) groups is 1. The first-order valence-corrected chi connectivity index (χ1v) is 7.35. The fraction of sp³-hybridized carbons (Fsp3) is 0.533. The summed E-state index contributed by atoms with van der Waals surface area (Å²) in [6.45, 7) is 3.06. The Morgan fingerprint density at radius 3 is 2.43 bits per heavy atom. The van der Waals surface area contributed by atoms with E-state index in [2.05, 4.69) is 0 Å². The van der Waals surface area contributed by atoms with E-state index in [9.17, 15) is 18.7 Å². The Balaban J connectivity index is 2.14. The molecule has 0 aliphatic carbocycles. The Morgan fingerprint density at radius 1 is 1.33 bits per heavy atom. The number of nitrogens with zero attached hydrogens (tertiary/aromatic N) is 1. The van der Waals surface area contributed by atoms with Gasteiger partial charge in [0.05, 0.1) is 10.6 Å². The van der Waals surface area contributed by atoms with Gasteiger partial charge in [0.15, 0.2) is 11.6 Å². The van der Waals surface area contributed by atoms with Crippen LogP contribution in [0.2, 0.25) is 5.02 Å². The highest BCUT2D eigenvalue weighted by Crippen LogP contribution is 2.35. The summed E-state index contributed by atoms with van der Waals surface area (Å²) in [6, 6.07) is 1.66. The molecule has 1 aromatic rings. The maximum absolute atomic E-state index is 13.3. The van der Waals surface area contributed by atoms with Crippen molar-refractivity contribution in [3.8, 4) is 0 Å². The molecule has 21 heavy (non-hydrogen) atoms. The topological polar surface area (TPSA) is 40.5 Å². The van der Waals surface area contributed by atoms with Crippen molar-refractivity contribution >= 4 is 17.5 Å². The zero-order chi connectivity index (χ0) is 15.6. The second-order valence-electron chi connectivity index (χ2n) is 5.55. The van der Waals surface area contributed by atoms with Gasteiger partial charge in [-0.15, -0.1) is 0 Å². The van der Waals surface area contributed by atoms with Crippen LogP contribution in [-0.2, 0) is 0 Å². The smallest absolute Gasteiger partial charge is 0.255 e. The van der Waals surface area contributed by atoms with Crippen molar-refractivity contribution < 1.29 is 18.7 Å². The van der Waals surface area contributed by atoms with Crippen LogP contribution in [0.4, 0.5) is 8.78 Å². The van der Waals surface area contributed by atoms with Crippen LogP contribution in [0.3, 0.4) is 0 Å². The SMILES string of the molecule is CCC1(CO)CCN(C(=O)c2cc(F)c(F)cc2Cl)CC1. The third-order valence-electron chi connectivity index (χ3n) is 4.44. The number of benzene rings is 1. The minimum absolute atomic E-state index is 0.0245. The highest BCUT2D eigenvalue weighted by Gasteiger charge is 2.34. The van der Waals surface area contributed by atoms with Crippen LogP contribution in [-0.4, -0.2) is 35.6 Å². The van der Waals surface area contributed by atoms with E-state index in [1.807, 2.05) is 6.92 Å². The molecule has 3 nitrogen and oxygen atoms in total. The minimum atomic E-state index is -1.09. The van der Waals surface area contributed by atoms with Gasteiger partial charge < -0.3 is 10.0 Å². The van der Waals surface area contributed by atoms with Gasteiger partial charge >= 0.3 is 0 Å². The normalized spacial score (nSPS) is 17.9. The summed E-state index contributed by atoms with van der Waals surface area (Å²) in [7, 11) is 0. The van der Waals surface area contributed by atoms with E-state index < -0.39 is 17.5 Å². The van der Waals surface area contributed by atoms with E-state index in [0.717, 1.165) is 18.6 Å². The third kappa shape index (κ3) is 3.19. The molecular weight excluding hydrogens is 300 g/mol. The van der Waals surface area contributed by atoms with E-state index >= 15 is 0 Å². The molecule has 0 aromatic heterocycles. The van der Waals surface area contributed by atoms with Gasteiger partial charge in [-0.25, -0.2) is 8.78 Å². The summed E-state index contributed by atoms with van der Waals surface area (Å²) in [4.78, 5) is 13.9. The largest absolute Gasteiger partial charge is 0.396 e. The summed E-state index contributed by atoms with van der Waals surface area (Å²) in [5.74, 6) is -2.56. The molecule has 1 aromatic carbocycles. The third-order valence-corrected chi connectivity index (χ3v) is 4.75. The molecule has 1 aliphatic rings. The molecule has 1 N–H and O–H groups in total. The predicted molar refractivity (Wildman–Crippen MR) is 76.3 cm³/mol. The number of aliphatic hydroxyl groups excluding tert-OH is 1. The number of rotatable bonds is 3. The molecule has 0 saturated carbocycles. The lowest BCUT2D eigenvalue weighted by Crippen LogP contribution is -2.44. The average molecular weight is 318 g/mol.